The van der Waals surface area contributed by atoms with E-state index in [0.717, 1.165) is 122 Å². The average Bonchev–Trinajstić information content (AvgIpc) is 1.23. The average molecular weight is 2100 g/mol. The third-order valence-electron chi connectivity index (χ3n) is 15.3. The van der Waals surface area contributed by atoms with Gasteiger partial charge >= 0.3 is 17.9 Å². The topological polar surface area (TPSA) is 163 Å². The Bertz CT molecular complexity index is 3340. The molecule has 7 rings (SSSR count). The number of carbonyl (C=O) groups excluding carboxylic acids is 2. The van der Waals surface area contributed by atoms with Gasteiger partial charge in [0.15, 0.2) is 9.84 Å². The van der Waals surface area contributed by atoms with Gasteiger partial charge in [0.2, 0.25) is 0 Å². The van der Waals surface area contributed by atoms with Crippen molar-refractivity contribution in [1.29, 1.82) is 0 Å². The van der Waals surface area contributed by atoms with Gasteiger partial charge in [-0.15, -0.1) is 75.8 Å². The minimum Gasteiger partial charge on any atom is -0.481 e. The fourth-order valence-electron chi connectivity index (χ4n) is 8.91. The monoisotopic (exact) mass is 2090 g/mol. The summed E-state index contributed by atoms with van der Waals surface area (Å²) < 4.78 is 40.8. The van der Waals surface area contributed by atoms with Gasteiger partial charge in [0.1, 0.15) is 13.2 Å². The Balaban J connectivity index is -0.000000396. The quantitative estimate of drug-likeness (QED) is 0.00773. The second-order valence-corrected chi connectivity index (χ2v) is 39.4. The maximum absolute atomic E-state index is 10.7. The summed E-state index contributed by atoms with van der Waals surface area (Å²) in [5.74, 6) is 10.4. The molecule has 0 bridgehead atoms. The third-order valence-corrected chi connectivity index (χ3v) is 27.9. The first-order valence-corrected chi connectivity index (χ1v) is 54.9. The molecule has 0 saturated carbocycles. The number of hydrogen-bond donors (Lipinski definition) is 24. The minimum absolute atomic E-state index is 0.0283. The Hall–Kier alpha value is 2.22. The molecule has 6 aromatic rings. The molecule has 678 valence electrons. The van der Waals surface area contributed by atoms with Crippen LogP contribution in [0.15, 0.2) is 133 Å². The van der Waals surface area contributed by atoms with E-state index < -0.39 is 27.7 Å². The van der Waals surface area contributed by atoms with Crippen LogP contribution in [0.3, 0.4) is 0 Å². The molecule has 11 nitrogen and oxygen atoms in total. The molecule has 2 atom stereocenters. The maximum Gasteiger partial charge on any atom is 0.315 e. The van der Waals surface area contributed by atoms with Crippen LogP contribution in [0.25, 0.3) is 10.8 Å². The maximum atomic E-state index is 10.7. The molecule has 2 unspecified atom stereocenters. The highest BCUT2D eigenvalue weighted by Gasteiger charge is 2.16. The summed E-state index contributed by atoms with van der Waals surface area (Å²) in [6.45, 7) is 13.7. The van der Waals surface area contributed by atoms with Gasteiger partial charge < -0.3 is 29.2 Å². The van der Waals surface area contributed by atoms with E-state index >= 15 is 0 Å². The van der Waals surface area contributed by atoms with E-state index in [9.17, 15) is 22.8 Å². The number of ether oxygens (including phenoxy) is 4. The van der Waals surface area contributed by atoms with Gasteiger partial charge in [-0.25, -0.2) is 8.42 Å². The number of unbranched alkanes of at least 4 members (excludes halogenated alkanes) is 7. The van der Waals surface area contributed by atoms with Gasteiger partial charge in [0.25, 0.3) is 0 Å². The first-order valence-electron chi connectivity index (χ1n) is 38.0. The van der Waals surface area contributed by atoms with Crippen LogP contribution >= 0.6 is 299 Å². The highest BCUT2D eigenvalue weighted by atomic mass is 33.1. The molecule has 1 saturated heterocycles. The number of carbonyl (C=O) groups is 3. The molecule has 0 aromatic heterocycles. The molecule has 0 radical (unpaired) electrons. The second-order valence-electron chi connectivity index (χ2n) is 24.8. The van der Waals surface area contributed by atoms with E-state index in [0.29, 0.717) is 50.1 Å². The molecule has 0 spiro atoms. The summed E-state index contributed by atoms with van der Waals surface area (Å²) in [6, 6.07) is 34.0. The fraction of sp³-hybridized carbons (Fsp3) is 0.549. The second kappa shape index (κ2) is 91.1. The molecule has 1 heterocycles. The number of aryl methyl sites for hydroxylation is 4. The van der Waals surface area contributed by atoms with Gasteiger partial charge in [-0.05, 0) is 199 Å². The first-order chi connectivity index (χ1) is 56.3. The standard InChI is InChI=1S/C11H16S2.C10H8S2.C10H14S2.C9H20S2.C8H14O2S2.C6H10O4S2.C6H14O2S2.2C6H6S2.C4H10O2S3.C3H8OS2.C3H8S2/c1-7-4-8(2)11(6-13)9(3)10(7)5-12;11-9-5-1-3-7-8(9)4-2-6-10(7)12;1-7-3-9(5-11)10(6-12)4-8(7)2;10-8-6-4-2-1-3-5-7-9-11;9-8(10)4-2-1-3-7-5-6-11-12-7;7-5(3-11)9-1-2-10-6(8)4-12;9-5-3-7-1-2-8-4-6-10;7-5-2-1-3-6(8)4-5;7-5-3-1-2-4-6(5)8;5-9(6,3-1-7)4-2-8;4-1-3(6)2-5;4-2-1-3-5/h4,12-13H,5-6H2,1-3H3;1-6,11-12H;3-4,11-12H,5-6H2,1-2H3;10-11H,1-9H2;7H,1-6H2,(H,9,10);11-12H,1-4H2;9-10H,1-6H2;2*1-4,7-8H;7-8H,1-4H2;3-6H,1-2H2;4-5H,1-3H2. The van der Waals surface area contributed by atoms with E-state index in [1.54, 1.807) is 0 Å². The van der Waals surface area contributed by atoms with Gasteiger partial charge in [-0.1, -0.05) is 121 Å². The van der Waals surface area contributed by atoms with Gasteiger partial charge in [0.05, 0.1) is 56.0 Å². The number of aliphatic hydroxyl groups is 1. The van der Waals surface area contributed by atoms with Gasteiger partial charge in [-0.2, -0.15) is 202 Å². The van der Waals surface area contributed by atoms with Crippen molar-refractivity contribution in [3.8, 4) is 0 Å². The van der Waals surface area contributed by atoms with Crippen molar-refractivity contribution in [3.05, 3.63) is 153 Å². The summed E-state index contributed by atoms with van der Waals surface area (Å²) in [4.78, 5) is 36.9. The fourth-order valence-corrected chi connectivity index (χ4v) is 18.9. The number of carboxylic acid groups (broad SMARTS) is 1. The zero-order valence-corrected chi connectivity index (χ0v) is 90.6. The molecule has 118 heavy (non-hydrogen) atoms. The van der Waals surface area contributed by atoms with Crippen LogP contribution in [-0.4, -0.2) is 174 Å². The van der Waals surface area contributed by atoms with Crippen LogP contribution in [0.1, 0.15) is 134 Å². The lowest BCUT2D eigenvalue weighted by Crippen LogP contribution is -2.14. The van der Waals surface area contributed by atoms with Crippen molar-refractivity contribution in [1.82, 2.24) is 0 Å². The van der Waals surface area contributed by atoms with Crippen LogP contribution in [0.2, 0.25) is 0 Å². The van der Waals surface area contributed by atoms with Crippen LogP contribution in [0.5, 0.6) is 0 Å². The predicted octanol–water partition coefficient (Wildman–Crippen LogP) is 23.5. The van der Waals surface area contributed by atoms with E-state index in [2.05, 4.69) is 352 Å². The summed E-state index contributed by atoms with van der Waals surface area (Å²) in [7, 11) is 1.08. The SMILES string of the molecule is Cc1cc(C)c(CS)c(C)c1CS.Cc1cc(CS)c(CS)cc1C.O=C(CS)OCCOC(=O)CS.O=C(O)CCCCC1CCSS1.O=S(=O)(CCS)CCS.OCC(S)CS.SCCCCCCCCCS.SCCCS.SCCOCCOCCS.Sc1cccc(S)c1.Sc1cccc2c(S)cccc12.Sc1ccccc1S. The Morgan fingerprint density at radius 3 is 1.14 bits per heavy atom. The van der Waals surface area contributed by atoms with Crippen LogP contribution < -0.4 is 0 Å². The van der Waals surface area contributed by atoms with Gasteiger partial charge in [-0.3, -0.25) is 14.4 Å². The number of benzene rings is 6. The van der Waals surface area contributed by atoms with Crippen molar-refractivity contribution in [2.24, 2.45) is 0 Å². The van der Waals surface area contributed by atoms with Crippen LogP contribution in [0, 0.1) is 34.6 Å². The molecule has 0 aliphatic carbocycles. The van der Waals surface area contributed by atoms with E-state index in [1.165, 1.54) is 114 Å². The number of rotatable bonds is 37. The van der Waals surface area contributed by atoms with Crippen molar-refractivity contribution >= 4 is 338 Å². The number of sulfone groups is 1. The molecule has 1 fully saturated rings. The van der Waals surface area contributed by atoms with Crippen LogP contribution in [-0.2, 0) is 66.2 Å². The summed E-state index contributed by atoms with van der Waals surface area (Å²) in [5.41, 5.74) is 12.0. The number of aliphatic carboxylic acids is 1. The number of thiol groups is 22. The Morgan fingerprint density at radius 2 is 0.847 bits per heavy atom. The Kier molecular flexibility index (Phi) is 99.4. The van der Waals surface area contributed by atoms with Crippen molar-refractivity contribution in [2.75, 3.05) is 127 Å². The lowest BCUT2D eigenvalue weighted by Gasteiger charge is -2.14. The van der Waals surface area contributed by atoms with Crippen LogP contribution in [0.4, 0.5) is 0 Å². The summed E-state index contributed by atoms with van der Waals surface area (Å²) in [6.07, 6.45) is 15.4. The molecular formula is C82H134O11S25. The van der Waals surface area contributed by atoms with E-state index in [4.69, 9.17) is 19.7 Å². The molecule has 1 aliphatic heterocycles. The molecule has 0 amide bonds. The van der Waals surface area contributed by atoms with Crippen molar-refractivity contribution in [2.45, 2.75) is 181 Å². The normalized spacial score (nSPS) is 11.6. The minimum atomic E-state index is -2.83. The molecule has 1 aliphatic rings. The summed E-state index contributed by atoms with van der Waals surface area (Å²) in [5, 5.41) is 19.8. The van der Waals surface area contributed by atoms with E-state index in [1.807, 2.05) is 94.4 Å². The highest BCUT2D eigenvalue weighted by Crippen LogP contribution is 2.40. The Morgan fingerprint density at radius 1 is 0.449 bits per heavy atom. The smallest absolute Gasteiger partial charge is 0.315 e. The largest absolute Gasteiger partial charge is 0.481 e. The number of carboxylic acids is 1. The number of esters is 2. The molecular weight excluding hydrogens is 1960 g/mol. The lowest BCUT2D eigenvalue weighted by atomic mass is 9.95. The van der Waals surface area contributed by atoms with E-state index in [-0.39, 0.29) is 48.1 Å². The molecule has 2 N–H and O–H groups in total. The zero-order chi connectivity index (χ0) is 90.3. The summed E-state index contributed by atoms with van der Waals surface area (Å²) >= 11 is 89.4. The first kappa shape index (κ1) is 129. The zero-order valence-electron chi connectivity index (χ0n) is 68.5. The third kappa shape index (κ3) is 77.0. The van der Waals surface area contributed by atoms with Crippen molar-refractivity contribution < 1.29 is 52.0 Å². The lowest BCUT2D eigenvalue weighted by molar-refractivity contribution is -0.148. The van der Waals surface area contributed by atoms with Crippen molar-refractivity contribution in [3.63, 3.8) is 0 Å². The number of hydrogen-bond acceptors (Lipinski definition) is 34. The molecule has 6 aromatic carbocycles. The number of aliphatic hydroxyl groups excluding tert-OH is 1. The highest BCUT2D eigenvalue weighted by molar-refractivity contribution is 8.77. The number of fused-ring (bicyclic) bond motifs is 1. The predicted molar refractivity (Wildman–Crippen MR) is 594 cm³/mol. The molecule has 36 heteroatoms. The van der Waals surface area contributed by atoms with Gasteiger partial charge in [0, 0.05) is 104 Å². The Labute approximate surface area is 840 Å².